The summed E-state index contributed by atoms with van der Waals surface area (Å²) in [5.74, 6) is 6.08. The summed E-state index contributed by atoms with van der Waals surface area (Å²) < 4.78 is 10.9. The number of nitrogens with one attached hydrogen (secondary N) is 1. The van der Waals surface area contributed by atoms with Crippen molar-refractivity contribution in [3.05, 3.63) is 53.5 Å². The average molecular weight is 274 g/mol. The van der Waals surface area contributed by atoms with E-state index in [9.17, 15) is 4.79 Å². The maximum atomic E-state index is 11.2. The SMILES string of the molecule is CCCc1ccc(OCc2ccc(C(=O)NN)o2)cc1. The Hall–Kier alpha value is -2.27. The molecule has 106 valence electrons. The molecular formula is C15H18N2O3. The van der Waals surface area contributed by atoms with Gasteiger partial charge in [0, 0.05) is 0 Å². The molecule has 0 radical (unpaired) electrons. The van der Waals surface area contributed by atoms with E-state index in [4.69, 9.17) is 15.0 Å². The highest BCUT2D eigenvalue weighted by atomic mass is 16.5. The number of nitrogens with two attached hydrogens (primary N) is 1. The van der Waals surface area contributed by atoms with E-state index in [2.05, 4.69) is 6.92 Å². The molecule has 0 aliphatic heterocycles. The van der Waals surface area contributed by atoms with Crippen LogP contribution in [0, 0.1) is 0 Å². The molecule has 1 aromatic carbocycles. The van der Waals surface area contributed by atoms with Crippen LogP contribution in [-0.4, -0.2) is 5.91 Å². The van der Waals surface area contributed by atoms with Crippen LogP contribution in [0.1, 0.15) is 35.2 Å². The predicted octanol–water partition coefficient (Wildman–Crippen LogP) is 2.41. The van der Waals surface area contributed by atoms with E-state index in [-0.39, 0.29) is 12.4 Å². The summed E-state index contributed by atoms with van der Waals surface area (Å²) in [6, 6.07) is 11.2. The maximum Gasteiger partial charge on any atom is 0.300 e. The molecule has 1 amide bonds. The Bertz CT molecular complexity index is 561. The normalized spacial score (nSPS) is 10.3. The third-order valence-electron chi connectivity index (χ3n) is 2.86. The number of aryl methyl sites for hydroxylation is 1. The molecule has 5 heteroatoms. The quantitative estimate of drug-likeness (QED) is 0.482. The second-order valence-corrected chi connectivity index (χ2v) is 4.42. The zero-order chi connectivity index (χ0) is 14.4. The fourth-order valence-corrected chi connectivity index (χ4v) is 1.84. The Morgan fingerprint density at radius 1 is 1.25 bits per heavy atom. The van der Waals surface area contributed by atoms with Crippen LogP contribution in [0.5, 0.6) is 5.75 Å². The molecule has 0 atom stereocenters. The molecule has 5 nitrogen and oxygen atoms in total. The molecule has 1 heterocycles. The van der Waals surface area contributed by atoms with Crippen molar-refractivity contribution in [3.63, 3.8) is 0 Å². The van der Waals surface area contributed by atoms with Crippen molar-refractivity contribution in [3.8, 4) is 5.75 Å². The molecule has 0 saturated heterocycles. The molecule has 0 bridgehead atoms. The van der Waals surface area contributed by atoms with Crippen molar-refractivity contribution < 1.29 is 13.9 Å². The second-order valence-electron chi connectivity index (χ2n) is 4.42. The third-order valence-corrected chi connectivity index (χ3v) is 2.86. The maximum absolute atomic E-state index is 11.2. The van der Waals surface area contributed by atoms with Gasteiger partial charge in [0.1, 0.15) is 18.1 Å². The molecule has 1 aromatic heterocycles. The van der Waals surface area contributed by atoms with Gasteiger partial charge >= 0.3 is 5.91 Å². The van der Waals surface area contributed by atoms with Gasteiger partial charge in [0.2, 0.25) is 0 Å². The molecule has 20 heavy (non-hydrogen) atoms. The van der Waals surface area contributed by atoms with E-state index in [0.717, 1.165) is 18.6 Å². The summed E-state index contributed by atoms with van der Waals surface area (Å²) in [5.41, 5.74) is 3.30. The van der Waals surface area contributed by atoms with Crippen LogP contribution < -0.4 is 16.0 Å². The van der Waals surface area contributed by atoms with Crippen molar-refractivity contribution in [1.29, 1.82) is 0 Å². The molecule has 0 spiro atoms. The highest BCUT2D eigenvalue weighted by Gasteiger charge is 2.09. The summed E-state index contributed by atoms with van der Waals surface area (Å²) in [4.78, 5) is 11.2. The van der Waals surface area contributed by atoms with E-state index < -0.39 is 5.91 Å². The first-order valence-electron chi connectivity index (χ1n) is 6.54. The lowest BCUT2D eigenvalue weighted by Crippen LogP contribution is -2.29. The lowest BCUT2D eigenvalue weighted by atomic mass is 10.1. The topological polar surface area (TPSA) is 77.5 Å². The largest absolute Gasteiger partial charge is 0.486 e. The smallest absolute Gasteiger partial charge is 0.300 e. The number of amides is 1. The van der Waals surface area contributed by atoms with Crippen molar-refractivity contribution in [2.75, 3.05) is 0 Å². The van der Waals surface area contributed by atoms with Crippen molar-refractivity contribution in [1.82, 2.24) is 5.43 Å². The Labute approximate surface area is 117 Å². The number of hydrogen-bond acceptors (Lipinski definition) is 4. The molecule has 0 unspecified atom stereocenters. The first-order valence-corrected chi connectivity index (χ1v) is 6.54. The van der Waals surface area contributed by atoms with Gasteiger partial charge in [0.05, 0.1) is 0 Å². The van der Waals surface area contributed by atoms with Gasteiger partial charge in [-0.3, -0.25) is 10.2 Å². The second kappa shape index (κ2) is 6.77. The zero-order valence-corrected chi connectivity index (χ0v) is 11.4. The lowest BCUT2D eigenvalue weighted by molar-refractivity contribution is 0.0922. The minimum atomic E-state index is -0.458. The van der Waals surface area contributed by atoms with Crippen LogP contribution in [0.25, 0.3) is 0 Å². The number of ether oxygens (including phenoxy) is 1. The highest BCUT2D eigenvalue weighted by Crippen LogP contribution is 2.16. The minimum absolute atomic E-state index is 0.171. The Kier molecular flexibility index (Phi) is 4.79. The third kappa shape index (κ3) is 3.61. The van der Waals surface area contributed by atoms with Gasteiger partial charge < -0.3 is 9.15 Å². The van der Waals surface area contributed by atoms with Crippen LogP contribution in [0.4, 0.5) is 0 Å². The molecular weight excluding hydrogens is 256 g/mol. The number of benzene rings is 1. The van der Waals surface area contributed by atoms with E-state index in [1.54, 1.807) is 12.1 Å². The molecule has 2 rings (SSSR count). The molecule has 2 aromatic rings. The summed E-state index contributed by atoms with van der Waals surface area (Å²) in [5, 5.41) is 0. The van der Waals surface area contributed by atoms with Crippen LogP contribution >= 0.6 is 0 Å². The Morgan fingerprint density at radius 2 is 2.00 bits per heavy atom. The average Bonchev–Trinajstić information content (AvgIpc) is 2.95. The first-order chi connectivity index (χ1) is 9.72. The van der Waals surface area contributed by atoms with Gasteiger partial charge in [-0.15, -0.1) is 0 Å². The van der Waals surface area contributed by atoms with Crippen LogP contribution in [0.15, 0.2) is 40.8 Å². The lowest BCUT2D eigenvalue weighted by Gasteiger charge is -2.05. The minimum Gasteiger partial charge on any atom is -0.486 e. The zero-order valence-electron chi connectivity index (χ0n) is 11.4. The van der Waals surface area contributed by atoms with E-state index >= 15 is 0 Å². The van der Waals surface area contributed by atoms with Gasteiger partial charge in [0.15, 0.2) is 5.76 Å². The van der Waals surface area contributed by atoms with Gasteiger partial charge in [-0.05, 0) is 36.2 Å². The fourth-order valence-electron chi connectivity index (χ4n) is 1.84. The van der Waals surface area contributed by atoms with Crippen molar-refractivity contribution in [2.24, 2.45) is 5.84 Å². The summed E-state index contributed by atoms with van der Waals surface area (Å²) in [7, 11) is 0. The Morgan fingerprint density at radius 3 is 2.65 bits per heavy atom. The molecule has 0 aliphatic rings. The van der Waals surface area contributed by atoms with E-state index in [0.29, 0.717) is 5.76 Å². The molecule has 0 fully saturated rings. The summed E-state index contributed by atoms with van der Waals surface area (Å²) in [6.07, 6.45) is 2.19. The molecule has 0 saturated carbocycles. The predicted molar refractivity (Wildman–Crippen MR) is 75.1 cm³/mol. The number of furan rings is 1. The molecule has 0 aliphatic carbocycles. The van der Waals surface area contributed by atoms with Gasteiger partial charge in [0.25, 0.3) is 0 Å². The van der Waals surface area contributed by atoms with Gasteiger partial charge in [-0.2, -0.15) is 0 Å². The number of carbonyl (C=O) groups excluding carboxylic acids is 1. The van der Waals surface area contributed by atoms with E-state index in [1.165, 1.54) is 5.56 Å². The van der Waals surface area contributed by atoms with Gasteiger partial charge in [-0.1, -0.05) is 25.5 Å². The van der Waals surface area contributed by atoms with Crippen molar-refractivity contribution >= 4 is 5.91 Å². The van der Waals surface area contributed by atoms with Crippen LogP contribution in [0.2, 0.25) is 0 Å². The van der Waals surface area contributed by atoms with E-state index in [1.807, 2.05) is 29.7 Å². The Balaban J connectivity index is 1.91. The van der Waals surface area contributed by atoms with Crippen molar-refractivity contribution in [2.45, 2.75) is 26.4 Å². The number of hydrazine groups is 1. The number of hydrogen-bond donors (Lipinski definition) is 2. The summed E-state index contributed by atoms with van der Waals surface area (Å²) in [6.45, 7) is 2.42. The monoisotopic (exact) mass is 274 g/mol. The fraction of sp³-hybridized carbons (Fsp3) is 0.267. The number of rotatable bonds is 6. The first kappa shape index (κ1) is 14.1. The molecule has 3 N–H and O–H groups in total. The number of carbonyl (C=O) groups is 1. The summed E-state index contributed by atoms with van der Waals surface area (Å²) >= 11 is 0. The van der Waals surface area contributed by atoms with Crippen LogP contribution in [-0.2, 0) is 13.0 Å². The highest BCUT2D eigenvalue weighted by molar-refractivity contribution is 5.90. The number of nitrogen functional groups attached to an aromatic ring is 1. The van der Waals surface area contributed by atoms with Crippen LogP contribution in [0.3, 0.4) is 0 Å². The van der Waals surface area contributed by atoms with Gasteiger partial charge in [-0.25, -0.2) is 5.84 Å². The standard InChI is InChI=1S/C15H18N2O3/c1-2-3-11-4-6-12(7-5-11)19-10-13-8-9-14(20-13)15(18)17-16/h4-9H,2-3,10,16H2,1H3,(H,17,18).